The molecule has 0 aliphatic heterocycles. The van der Waals surface area contributed by atoms with Gasteiger partial charge < -0.3 is 15.5 Å². The van der Waals surface area contributed by atoms with E-state index in [-0.39, 0.29) is 18.3 Å². The van der Waals surface area contributed by atoms with Gasteiger partial charge in [-0.05, 0) is 37.9 Å². The number of terminal acetylenes is 1. The van der Waals surface area contributed by atoms with Gasteiger partial charge in [-0.1, -0.05) is 18.1 Å². The predicted molar refractivity (Wildman–Crippen MR) is 96.5 cm³/mol. The standard InChI is InChI=1S/C19H21FN4O/c1-4-9-21-19(25)15-7-8-18(23-12-15)22-11-14-5-6-16(13-24(2)3)17(20)10-14/h1,5-8,10,12H,9,11,13H2,2-3H3,(H,21,25)(H,22,23). The van der Waals surface area contributed by atoms with E-state index in [4.69, 9.17) is 6.42 Å². The molecule has 0 bridgehead atoms. The lowest BCUT2D eigenvalue weighted by atomic mass is 10.1. The summed E-state index contributed by atoms with van der Waals surface area (Å²) in [7, 11) is 3.80. The van der Waals surface area contributed by atoms with E-state index in [1.807, 2.05) is 25.1 Å². The number of amides is 1. The molecule has 1 aromatic heterocycles. The summed E-state index contributed by atoms with van der Waals surface area (Å²) in [6, 6.07) is 8.55. The third-order valence-electron chi connectivity index (χ3n) is 3.45. The van der Waals surface area contributed by atoms with Crippen molar-refractivity contribution in [1.82, 2.24) is 15.2 Å². The number of rotatable bonds is 7. The summed E-state index contributed by atoms with van der Waals surface area (Å²) >= 11 is 0. The van der Waals surface area contributed by atoms with E-state index in [2.05, 4.69) is 21.5 Å². The van der Waals surface area contributed by atoms with Crippen molar-refractivity contribution >= 4 is 11.7 Å². The number of pyridine rings is 1. The molecule has 25 heavy (non-hydrogen) atoms. The van der Waals surface area contributed by atoms with Gasteiger partial charge in [0.1, 0.15) is 11.6 Å². The Kier molecular flexibility index (Phi) is 6.49. The van der Waals surface area contributed by atoms with Crippen LogP contribution in [0.2, 0.25) is 0 Å². The SMILES string of the molecule is C#CCNC(=O)c1ccc(NCc2ccc(CN(C)C)c(F)c2)nc1. The first-order valence-electron chi connectivity index (χ1n) is 7.83. The number of benzene rings is 1. The zero-order valence-corrected chi connectivity index (χ0v) is 14.3. The number of hydrogen-bond donors (Lipinski definition) is 2. The Labute approximate surface area is 147 Å². The Morgan fingerprint density at radius 1 is 1.32 bits per heavy atom. The van der Waals surface area contributed by atoms with Crippen LogP contribution in [0.3, 0.4) is 0 Å². The maximum atomic E-state index is 14.1. The molecule has 0 aliphatic carbocycles. The van der Waals surface area contributed by atoms with Crippen molar-refractivity contribution in [2.45, 2.75) is 13.1 Å². The van der Waals surface area contributed by atoms with Crippen LogP contribution in [0.25, 0.3) is 0 Å². The number of carbonyl (C=O) groups is 1. The molecule has 1 aromatic carbocycles. The first kappa shape index (κ1) is 18.4. The molecule has 2 aromatic rings. The second-order valence-electron chi connectivity index (χ2n) is 5.84. The second-order valence-corrected chi connectivity index (χ2v) is 5.84. The van der Waals surface area contributed by atoms with Crippen molar-refractivity contribution in [1.29, 1.82) is 0 Å². The minimum Gasteiger partial charge on any atom is -0.366 e. The average Bonchev–Trinajstić information content (AvgIpc) is 2.60. The average molecular weight is 340 g/mol. The Balaban J connectivity index is 1.94. The van der Waals surface area contributed by atoms with Crippen LogP contribution in [-0.2, 0) is 13.1 Å². The topological polar surface area (TPSA) is 57.3 Å². The van der Waals surface area contributed by atoms with Crippen LogP contribution in [0.4, 0.5) is 10.2 Å². The fourth-order valence-electron chi connectivity index (χ4n) is 2.23. The Hall–Kier alpha value is -2.91. The molecule has 6 heteroatoms. The van der Waals surface area contributed by atoms with Crippen LogP contribution in [-0.4, -0.2) is 36.4 Å². The summed E-state index contributed by atoms with van der Waals surface area (Å²) in [6.07, 6.45) is 6.57. The highest BCUT2D eigenvalue weighted by Crippen LogP contribution is 2.14. The Bertz CT molecular complexity index is 766. The third kappa shape index (κ3) is 5.59. The van der Waals surface area contributed by atoms with Gasteiger partial charge in [0.15, 0.2) is 0 Å². The summed E-state index contributed by atoms with van der Waals surface area (Å²) < 4.78 is 14.1. The van der Waals surface area contributed by atoms with Crippen molar-refractivity contribution < 1.29 is 9.18 Å². The molecule has 1 amide bonds. The van der Waals surface area contributed by atoms with Crippen molar-refractivity contribution in [2.75, 3.05) is 26.0 Å². The lowest BCUT2D eigenvalue weighted by molar-refractivity contribution is 0.0958. The Morgan fingerprint density at radius 2 is 2.12 bits per heavy atom. The van der Waals surface area contributed by atoms with E-state index in [0.717, 1.165) is 5.56 Å². The monoisotopic (exact) mass is 340 g/mol. The highest BCUT2D eigenvalue weighted by molar-refractivity contribution is 5.94. The van der Waals surface area contributed by atoms with Gasteiger partial charge in [-0.25, -0.2) is 9.37 Å². The van der Waals surface area contributed by atoms with Crippen LogP contribution in [0.1, 0.15) is 21.5 Å². The number of aromatic nitrogens is 1. The van der Waals surface area contributed by atoms with Crippen LogP contribution >= 0.6 is 0 Å². The number of nitrogens with zero attached hydrogens (tertiary/aromatic N) is 2. The van der Waals surface area contributed by atoms with Crippen LogP contribution in [0, 0.1) is 18.2 Å². The predicted octanol–water partition coefficient (Wildman–Crippen LogP) is 2.26. The highest BCUT2D eigenvalue weighted by Gasteiger charge is 2.07. The molecule has 0 spiro atoms. The van der Waals surface area contributed by atoms with Crippen LogP contribution in [0.15, 0.2) is 36.5 Å². The van der Waals surface area contributed by atoms with E-state index >= 15 is 0 Å². The zero-order valence-electron chi connectivity index (χ0n) is 14.3. The number of anilines is 1. The molecule has 1 heterocycles. The van der Waals surface area contributed by atoms with Crippen LogP contribution < -0.4 is 10.6 Å². The lowest BCUT2D eigenvalue weighted by Crippen LogP contribution is -2.23. The molecule has 5 nitrogen and oxygen atoms in total. The fraction of sp³-hybridized carbons (Fsp3) is 0.263. The summed E-state index contributed by atoms with van der Waals surface area (Å²) in [5, 5.41) is 5.68. The first-order chi connectivity index (χ1) is 12.0. The molecule has 0 radical (unpaired) electrons. The molecular weight excluding hydrogens is 319 g/mol. The molecule has 0 saturated heterocycles. The molecule has 130 valence electrons. The highest BCUT2D eigenvalue weighted by atomic mass is 19.1. The zero-order chi connectivity index (χ0) is 18.2. The number of hydrogen-bond acceptors (Lipinski definition) is 4. The largest absolute Gasteiger partial charge is 0.366 e. The van der Waals surface area contributed by atoms with Gasteiger partial charge in [0, 0.05) is 24.8 Å². The minimum atomic E-state index is -0.268. The van der Waals surface area contributed by atoms with Gasteiger partial charge in [-0.2, -0.15) is 0 Å². The molecule has 0 saturated carbocycles. The summed E-state index contributed by atoms with van der Waals surface area (Å²) in [4.78, 5) is 17.8. The maximum Gasteiger partial charge on any atom is 0.253 e. The maximum absolute atomic E-state index is 14.1. The van der Waals surface area contributed by atoms with E-state index in [9.17, 15) is 9.18 Å². The molecule has 2 rings (SSSR count). The summed E-state index contributed by atoms with van der Waals surface area (Å²) in [5.74, 6) is 2.45. The fourth-order valence-corrected chi connectivity index (χ4v) is 2.23. The normalized spacial score (nSPS) is 10.4. The van der Waals surface area contributed by atoms with Crippen molar-refractivity contribution in [3.8, 4) is 12.3 Å². The second kappa shape index (κ2) is 8.81. The quantitative estimate of drug-likeness (QED) is 0.759. The molecule has 0 unspecified atom stereocenters. The van der Waals surface area contributed by atoms with Crippen molar-refractivity contribution in [3.05, 3.63) is 59.0 Å². The number of nitrogens with one attached hydrogen (secondary N) is 2. The van der Waals surface area contributed by atoms with Gasteiger partial charge in [0.2, 0.25) is 0 Å². The van der Waals surface area contributed by atoms with Gasteiger partial charge >= 0.3 is 0 Å². The third-order valence-corrected chi connectivity index (χ3v) is 3.45. The van der Waals surface area contributed by atoms with Crippen molar-refractivity contribution in [3.63, 3.8) is 0 Å². The van der Waals surface area contributed by atoms with E-state index in [1.54, 1.807) is 18.2 Å². The molecule has 2 N–H and O–H groups in total. The molecular formula is C19H21FN4O. The van der Waals surface area contributed by atoms with Gasteiger partial charge in [-0.3, -0.25) is 4.79 Å². The van der Waals surface area contributed by atoms with E-state index in [0.29, 0.717) is 30.0 Å². The molecule has 0 atom stereocenters. The lowest BCUT2D eigenvalue weighted by Gasteiger charge is -2.12. The first-order valence-corrected chi connectivity index (χ1v) is 7.83. The number of carbonyl (C=O) groups excluding carboxylic acids is 1. The molecule has 0 fully saturated rings. The van der Waals surface area contributed by atoms with Gasteiger partial charge in [0.25, 0.3) is 5.91 Å². The summed E-state index contributed by atoms with van der Waals surface area (Å²) in [5.41, 5.74) is 1.91. The van der Waals surface area contributed by atoms with Gasteiger partial charge in [0.05, 0.1) is 12.1 Å². The van der Waals surface area contributed by atoms with Crippen LogP contribution in [0.5, 0.6) is 0 Å². The molecule has 0 aliphatic rings. The van der Waals surface area contributed by atoms with E-state index in [1.165, 1.54) is 12.3 Å². The number of halogens is 1. The van der Waals surface area contributed by atoms with E-state index < -0.39 is 0 Å². The Morgan fingerprint density at radius 3 is 2.72 bits per heavy atom. The van der Waals surface area contributed by atoms with Crippen molar-refractivity contribution in [2.24, 2.45) is 0 Å². The van der Waals surface area contributed by atoms with Gasteiger partial charge in [-0.15, -0.1) is 6.42 Å². The smallest absolute Gasteiger partial charge is 0.253 e. The summed E-state index contributed by atoms with van der Waals surface area (Å²) in [6.45, 7) is 1.17. The minimum absolute atomic E-state index is 0.175.